The number of nitro groups is 1. The van der Waals surface area contributed by atoms with Crippen molar-refractivity contribution in [3.8, 4) is 0 Å². The SMILES string of the molecule is Cc1cccc(N2C(=O)NC(=O)[C@]3(Cc4cc([N+](=O)[O-])ccc4N4CCCC[C@H]43)C2=O)c1. The predicted octanol–water partition coefficient (Wildman–Crippen LogP) is 3.09. The molecule has 0 radical (unpaired) electrons. The molecule has 0 saturated carbocycles. The van der Waals surface area contributed by atoms with E-state index in [2.05, 4.69) is 5.32 Å². The Bertz CT molecular complexity index is 1180. The standard InChI is InChI=1S/C23H22N4O5/c1-14-5-4-6-16(11-14)26-21(29)23(20(28)24-22(26)30)13-15-12-17(27(31)32)8-9-18(15)25-10-3-2-7-19(23)25/h4-6,8-9,11-12,19H,2-3,7,10,13H2,1H3,(H,24,28,30)/t19-,23+/m0/s1. The van der Waals surface area contributed by atoms with Gasteiger partial charge < -0.3 is 4.90 Å². The van der Waals surface area contributed by atoms with Crippen molar-refractivity contribution in [1.82, 2.24) is 5.32 Å². The number of anilines is 2. The van der Waals surface area contributed by atoms with Crippen LogP contribution in [0.2, 0.25) is 0 Å². The van der Waals surface area contributed by atoms with E-state index in [-0.39, 0.29) is 12.1 Å². The summed E-state index contributed by atoms with van der Waals surface area (Å²) in [5.41, 5.74) is 1.01. The average Bonchev–Trinajstić information content (AvgIpc) is 2.77. The molecule has 3 aliphatic rings. The molecule has 3 aliphatic heterocycles. The molecule has 2 atom stereocenters. The Morgan fingerprint density at radius 3 is 2.69 bits per heavy atom. The number of nitrogens with one attached hydrogen (secondary N) is 1. The fraction of sp³-hybridized carbons (Fsp3) is 0.348. The molecular formula is C23H22N4O5. The molecule has 9 nitrogen and oxygen atoms in total. The van der Waals surface area contributed by atoms with Crippen LogP contribution in [0.25, 0.3) is 0 Å². The van der Waals surface area contributed by atoms with Crippen LogP contribution in [0.3, 0.4) is 0 Å². The Labute approximate surface area is 184 Å². The van der Waals surface area contributed by atoms with Crippen LogP contribution in [0.5, 0.6) is 0 Å². The number of rotatable bonds is 2. The maximum atomic E-state index is 14.0. The molecule has 5 rings (SSSR count). The van der Waals surface area contributed by atoms with Gasteiger partial charge in [-0.2, -0.15) is 0 Å². The van der Waals surface area contributed by atoms with Gasteiger partial charge in [0.05, 0.1) is 16.7 Å². The zero-order chi connectivity index (χ0) is 22.6. The van der Waals surface area contributed by atoms with E-state index in [0.717, 1.165) is 29.0 Å². The molecule has 2 aromatic rings. The molecule has 0 aliphatic carbocycles. The number of benzene rings is 2. The summed E-state index contributed by atoms with van der Waals surface area (Å²) in [6.45, 7) is 2.49. The monoisotopic (exact) mass is 434 g/mol. The van der Waals surface area contributed by atoms with Gasteiger partial charge in [0.1, 0.15) is 0 Å². The lowest BCUT2D eigenvalue weighted by atomic mass is 9.66. The molecule has 9 heteroatoms. The third-order valence-corrected chi connectivity index (χ3v) is 6.80. The largest absolute Gasteiger partial charge is 0.367 e. The Balaban J connectivity index is 1.68. The number of amides is 4. The molecule has 2 saturated heterocycles. The maximum Gasteiger partial charge on any atom is 0.335 e. The highest BCUT2D eigenvalue weighted by molar-refractivity contribution is 6.30. The van der Waals surface area contributed by atoms with Gasteiger partial charge in [-0.15, -0.1) is 0 Å². The van der Waals surface area contributed by atoms with E-state index in [1.807, 2.05) is 17.9 Å². The van der Waals surface area contributed by atoms with Crippen molar-refractivity contribution in [2.24, 2.45) is 5.41 Å². The summed E-state index contributed by atoms with van der Waals surface area (Å²) in [7, 11) is 0. The van der Waals surface area contributed by atoms with Gasteiger partial charge >= 0.3 is 6.03 Å². The van der Waals surface area contributed by atoms with Gasteiger partial charge in [0.2, 0.25) is 5.91 Å². The number of nitro benzene ring substituents is 1. The van der Waals surface area contributed by atoms with E-state index in [0.29, 0.717) is 24.2 Å². The normalized spacial score (nSPS) is 24.8. The summed E-state index contributed by atoms with van der Waals surface area (Å²) in [4.78, 5) is 54.1. The summed E-state index contributed by atoms with van der Waals surface area (Å²) >= 11 is 0. The van der Waals surface area contributed by atoms with Crippen molar-refractivity contribution in [3.05, 3.63) is 63.7 Å². The maximum absolute atomic E-state index is 14.0. The Morgan fingerprint density at radius 1 is 1.12 bits per heavy atom. The third-order valence-electron chi connectivity index (χ3n) is 6.80. The van der Waals surface area contributed by atoms with Crippen molar-refractivity contribution in [3.63, 3.8) is 0 Å². The highest BCUT2D eigenvalue weighted by Gasteiger charge is 2.62. The molecule has 164 valence electrons. The van der Waals surface area contributed by atoms with Crippen LogP contribution < -0.4 is 15.1 Å². The van der Waals surface area contributed by atoms with E-state index in [1.54, 1.807) is 24.3 Å². The molecule has 1 N–H and O–H groups in total. The first-order chi connectivity index (χ1) is 15.3. The molecule has 0 bridgehead atoms. The second kappa shape index (κ2) is 7.15. The number of aryl methyl sites for hydroxylation is 1. The second-order valence-corrected chi connectivity index (χ2v) is 8.66. The van der Waals surface area contributed by atoms with Crippen LogP contribution in [-0.2, 0) is 16.0 Å². The van der Waals surface area contributed by atoms with Crippen LogP contribution in [0.15, 0.2) is 42.5 Å². The molecule has 0 aromatic heterocycles. The number of urea groups is 1. The number of hydrogen-bond acceptors (Lipinski definition) is 6. The van der Waals surface area contributed by atoms with Crippen LogP contribution in [0.1, 0.15) is 30.4 Å². The zero-order valence-corrected chi connectivity index (χ0v) is 17.5. The van der Waals surface area contributed by atoms with E-state index < -0.39 is 34.2 Å². The summed E-state index contributed by atoms with van der Waals surface area (Å²) < 4.78 is 0. The molecule has 3 heterocycles. The van der Waals surface area contributed by atoms with Crippen LogP contribution in [0.4, 0.5) is 21.9 Å². The third kappa shape index (κ3) is 2.80. The van der Waals surface area contributed by atoms with E-state index >= 15 is 0 Å². The Morgan fingerprint density at radius 2 is 1.94 bits per heavy atom. The van der Waals surface area contributed by atoms with Crippen molar-refractivity contribution in [2.45, 2.75) is 38.6 Å². The minimum Gasteiger partial charge on any atom is -0.367 e. The van der Waals surface area contributed by atoms with Crippen molar-refractivity contribution >= 4 is 34.9 Å². The van der Waals surface area contributed by atoms with E-state index in [1.165, 1.54) is 12.1 Å². The van der Waals surface area contributed by atoms with Crippen LogP contribution in [0, 0.1) is 22.5 Å². The van der Waals surface area contributed by atoms with Crippen molar-refractivity contribution in [1.29, 1.82) is 0 Å². The number of hydrogen-bond donors (Lipinski definition) is 1. The number of piperidine rings is 1. The number of carbonyl (C=O) groups is 3. The fourth-order valence-corrected chi connectivity index (χ4v) is 5.36. The van der Waals surface area contributed by atoms with Crippen molar-refractivity contribution < 1.29 is 19.3 Å². The minimum atomic E-state index is -1.54. The number of non-ortho nitro benzene ring substituents is 1. The van der Waals surface area contributed by atoms with Gasteiger partial charge in [-0.25, -0.2) is 9.69 Å². The molecular weight excluding hydrogens is 412 g/mol. The van der Waals surface area contributed by atoms with Gasteiger partial charge in [0.25, 0.3) is 11.6 Å². The zero-order valence-electron chi connectivity index (χ0n) is 17.5. The second-order valence-electron chi connectivity index (χ2n) is 8.66. The smallest absolute Gasteiger partial charge is 0.335 e. The van der Waals surface area contributed by atoms with Crippen molar-refractivity contribution in [2.75, 3.05) is 16.3 Å². The average molecular weight is 434 g/mol. The number of nitrogens with zero attached hydrogens (tertiary/aromatic N) is 3. The van der Waals surface area contributed by atoms with Gasteiger partial charge in [0, 0.05) is 30.8 Å². The quantitative estimate of drug-likeness (QED) is 0.442. The van der Waals surface area contributed by atoms with E-state index in [4.69, 9.17) is 0 Å². The topological polar surface area (TPSA) is 113 Å². The minimum absolute atomic E-state index is 0.00540. The number of barbiturate groups is 1. The molecule has 4 amide bonds. The van der Waals surface area contributed by atoms with Gasteiger partial charge in [-0.3, -0.25) is 25.0 Å². The molecule has 2 fully saturated rings. The first-order valence-corrected chi connectivity index (χ1v) is 10.6. The lowest BCUT2D eigenvalue weighted by molar-refractivity contribution is -0.384. The highest BCUT2D eigenvalue weighted by Crippen LogP contribution is 2.48. The number of imide groups is 2. The summed E-state index contributed by atoms with van der Waals surface area (Å²) in [6.07, 6.45) is 2.36. The number of fused-ring (bicyclic) bond motifs is 4. The molecule has 32 heavy (non-hydrogen) atoms. The summed E-state index contributed by atoms with van der Waals surface area (Å²) in [5, 5.41) is 13.8. The van der Waals surface area contributed by atoms with Crippen LogP contribution >= 0.6 is 0 Å². The lowest BCUT2D eigenvalue weighted by Gasteiger charge is -2.53. The Kier molecular flexibility index (Phi) is 4.51. The van der Waals surface area contributed by atoms with Gasteiger partial charge in [0.15, 0.2) is 5.41 Å². The highest BCUT2D eigenvalue weighted by atomic mass is 16.6. The van der Waals surface area contributed by atoms with Gasteiger partial charge in [-0.1, -0.05) is 12.1 Å². The molecule has 1 spiro atoms. The van der Waals surface area contributed by atoms with E-state index in [9.17, 15) is 24.5 Å². The van der Waals surface area contributed by atoms with Gasteiger partial charge in [-0.05, 0) is 55.5 Å². The Hall–Kier alpha value is -3.75. The summed E-state index contributed by atoms with van der Waals surface area (Å²) in [5.74, 6) is -1.21. The van der Waals surface area contributed by atoms with Crippen LogP contribution in [-0.4, -0.2) is 35.4 Å². The molecule has 2 aromatic carbocycles. The molecule has 0 unspecified atom stereocenters. The summed E-state index contributed by atoms with van der Waals surface area (Å²) in [6, 6.07) is 10.4. The lowest BCUT2D eigenvalue weighted by Crippen LogP contribution is -2.72. The first-order valence-electron chi connectivity index (χ1n) is 10.6. The first kappa shape index (κ1) is 20.2. The number of carbonyl (C=O) groups excluding carboxylic acids is 3. The predicted molar refractivity (Wildman–Crippen MR) is 116 cm³/mol. The fourth-order valence-electron chi connectivity index (χ4n) is 5.36.